The fourth-order valence-corrected chi connectivity index (χ4v) is 2.58. The number of hydrogen-bond donors (Lipinski definition) is 2. The van der Waals surface area contributed by atoms with Gasteiger partial charge in [-0.1, -0.05) is 78.9 Å². The van der Waals surface area contributed by atoms with Crippen molar-refractivity contribution in [3.8, 4) is 0 Å². The lowest BCUT2D eigenvalue weighted by Gasteiger charge is -2.30. The maximum absolute atomic E-state index is 11.4. The van der Waals surface area contributed by atoms with Gasteiger partial charge in [-0.2, -0.15) is 0 Å². The highest BCUT2D eigenvalue weighted by Gasteiger charge is 2.31. The van der Waals surface area contributed by atoms with Crippen molar-refractivity contribution in [3.63, 3.8) is 0 Å². The minimum absolute atomic E-state index is 0.408. The number of rotatable bonds is 5. The van der Waals surface area contributed by atoms with E-state index in [4.69, 9.17) is 0 Å². The smallest absolute Gasteiger partial charge is 0.132 e. The van der Waals surface area contributed by atoms with Crippen molar-refractivity contribution in [3.05, 3.63) is 102 Å². The first-order chi connectivity index (χ1) is 10.8. The molecule has 0 aliphatic heterocycles. The van der Waals surface area contributed by atoms with Gasteiger partial charge in [0.1, 0.15) is 5.60 Å². The molecule has 0 radical (unpaired) electrons. The summed E-state index contributed by atoms with van der Waals surface area (Å²) in [7, 11) is 0. The van der Waals surface area contributed by atoms with Crippen molar-refractivity contribution in [2.24, 2.45) is 0 Å². The van der Waals surface area contributed by atoms with Crippen LogP contribution in [0, 0.1) is 0 Å². The Bertz CT molecular complexity index is 656. The van der Waals surface area contributed by atoms with Gasteiger partial charge >= 0.3 is 0 Å². The lowest BCUT2D eigenvalue weighted by molar-refractivity contribution is 0.0950. The maximum Gasteiger partial charge on any atom is 0.132 e. The number of nitrogens with one attached hydrogen (secondary N) is 1. The van der Waals surface area contributed by atoms with Crippen molar-refractivity contribution in [2.75, 3.05) is 11.9 Å². The first-order valence-electron chi connectivity index (χ1n) is 7.41. The van der Waals surface area contributed by atoms with E-state index in [0.29, 0.717) is 6.54 Å². The molecule has 0 heterocycles. The molecule has 0 spiro atoms. The van der Waals surface area contributed by atoms with E-state index in [1.165, 1.54) is 0 Å². The van der Waals surface area contributed by atoms with E-state index in [-0.39, 0.29) is 0 Å². The third-order valence-electron chi connectivity index (χ3n) is 3.82. The van der Waals surface area contributed by atoms with Gasteiger partial charge in [0.05, 0.1) is 6.54 Å². The molecule has 2 heteroatoms. The SMILES string of the molecule is OC(CNc1ccccc1)(c1ccccc1)c1ccccc1. The first-order valence-corrected chi connectivity index (χ1v) is 7.41. The standard InChI is InChI=1S/C20H19NO/c22-20(17-10-4-1-5-11-17,18-12-6-2-7-13-18)16-21-19-14-8-3-9-15-19/h1-15,21-22H,16H2. The molecule has 110 valence electrons. The largest absolute Gasteiger partial charge is 0.381 e. The zero-order valence-electron chi connectivity index (χ0n) is 12.3. The molecule has 0 saturated heterocycles. The first kappa shape index (κ1) is 14.4. The molecule has 22 heavy (non-hydrogen) atoms. The van der Waals surface area contributed by atoms with Crippen LogP contribution in [0.4, 0.5) is 5.69 Å². The number of para-hydroxylation sites is 1. The van der Waals surface area contributed by atoms with Crippen LogP contribution < -0.4 is 5.32 Å². The molecule has 0 bridgehead atoms. The Labute approximate surface area is 131 Å². The molecule has 2 nitrogen and oxygen atoms in total. The number of aliphatic hydroxyl groups is 1. The Morgan fingerprint density at radius 2 is 1.05 bits per heavy atom. The van der Waals surface area contributed by atoms with Crippen molar-refractivity contribution < 1.29 is 5.11 Å². The van der Waals surface area contributed by atoms with Gasteiger partial charge in [-0.3, -0.25) is 0 Å². The van der Waals surface area contributed by atoms with E-state index in [1.807, 2.05) is 91.0 Å². The summed E-state index contributed by atoms with van der Waals surface area (Å²) in [6.45, 7) is 0.408. The summed E-state index contributed by atoms with van der Waals surface area (Å²) >= 11 is 0. The van der Waals surface area contributed by atoms with Crippen LogP contribution in [-0.4, -0.2) is 11.7 Å². The maximum atomic E-state index is 11.4. The lowest BCUT2D eigenvalue weighted by atomic mass is 9.86. The molecule has 3 aromatic carbocycles. The summed E-state index contributed by atoms with van der Waals surface area (Å²) in [5.74, 6) is 0. The fourth-order valence-electron chi connectivity index (χ4n) is 2.58. The Morgan fingerprint density at radius 3 is 1.50 bits per heavy atom. The molecule has 0 saturated carbocycles. The third-order valence-corrected chi connectivity index (χ3v) is 3.82. The highest BCUT2D eigenvalue weighted by atomic mass is 16.3. The van der Waals surface area contributed by atoms with Crippen LogP contribution in [0.1, 0.15) is 11.1 Å². The zero-order valence-corrected chi connectivity index (χ0v) is 12.3. The van der Waals surface area contributed by atoms with Crippen molar-refractivity contribution >= 4 is 5.69 Å². The fraction of sp³-hybridized carbons (Fsp3) is 0.100. The predicted molar refractivity (Wildman–Crippen MR) is 90.8 cm³/mol. The number of anilines is 1. The summed E-state index contributed by atoms with van der Waals surface area (Å²) in [5, 5.41) is 14.7. The van der Waals surface area contributed by atoms with E-state index in [9.17, 15) is 5.11 Å². The van der Waals surface area contributed by atoms with Crippen molar-refractivity contribution in [1.29, 1.82) is 0 Å². The van der Waals surface area contributed by atoms with Gasteiger partial charge in [0.15, 0.2) is 0 Å². The quantitative estimate of drug-likeness (QED) is 0.743. The van der Waals surface area contributed by atoms with Crippen LogP contribution >= 0.6 is 0 Å². The van der Waals surface area contributed by atoms with E-state index in [2.05, 4.69) is 5.32 Å². The lowest BCUT2D eigenvalue weighted by Crippen LogP contribution is -2.35. The van der Waals surface area contributed by atoms with Gasteiger partial charge in [-0.05, 0) is 23.3 Å². The summed E-state index contributed by atoms with van der Waals surface area (Å²) in [4.78, 5) is 0. The summed E-state index contributed by atoms with van der Waals surface area (Å²) < 4.78 is 0. The summed E-state index contributed by atoms with van der Waals surface area (Å²) in [6, 6.07) is 29.5. The molecule has 0 amide bonds. The number of benzene rings is 3. The van der Waals surface area contributed by atoms with Crippen LogP contribution in [-0.2, 0) is 5.60 Å². The second-order valence-electron chi connectivity index (χ2n) is 5.31. The molecule has 2 N–H and O–H groups in total. The Kier molecular flexibility index (Phi) is 4.22. The van der Waals surface area contributed by atoms with Crippen LogP contribution in [0.2, 0.25) is 0 Å². The van der Waals surface area contributed by atoms with Gasteiger partial charge in [0.2, 0.25) is 0 Å². The molecule has 0 aliphatic rings. The highest BCUT2D eigenvalue weighted by Crippen LogP contribution is 2.29. The zero-order chi connectivity index (χ0) is 15.3. The third kappa shape index (κ3) is 3.02. The molecule has 0 fully saturated rings. The van der Waals surface area contributed by atoms with Crippen LogP contribution in [0.3, 0.4) is 0 Å². The molecule has 0 atom stereocenters. The highest BCUT2D eigenvalue weighted by molar-refractivity contribution is 5.45. The Morgan fingerprint density at radius 1 is 0.636 bits per heavy atom. The molecule has 0 unspecified atom stereocenters. The molecule has 3 rings (SSSR count). The predicted octanol–water partition coefficient (Wildman–Crippen LogP) is 4.03. The van der Waals surface area contributed by atoms with Gasteiger partial charge in [-0.15, -0.1) is 0 Å². The summed E-state index contributed by atoms with van der Waals surface area (Å²) in [6.07, 6.45) is 0. The van der Waals surface area contributed by atoms with Crippen molar-refractivity contribution in [2.45, 2.75) is 5.60 Å². The molecule has 0 aromatic heterocycles. The normalized spacial score (nSPS) is 11.1. The van der Waals surface area contributed by atoms with E-state index in [0.717, 1.165) is 16.8 Å². The average Bonchev–Trinajstić information content (AvgIpc) is 2.62. The molecular weight excluding hydrogens is 270 g/mol. The Hall–Kier alpha value is -2.58. The Balaban J connectivity index is 1.93. The molecular formula is C20H19NO. The minimum atomic E-state index is -1.07. The van der Waals surface area contributed by atoms with Gasteiger partial charge in [-0.25, -0.2) is 0 Å². The monoisotopic (exact) mass is 289 g/mol. The van der Waals surface area contributed by atoms with E-state index in [1.54, 1.807) is 0 Å². The van der Waals surface area contributed by atoms with Gasteiger partial charge in [0.25, 0.3) is 0 Å². The second-order valence-corrected chi connectivity index (χ2v) is 5.31. The van der Waals surface area contributed by atoms with Crippen LogP contribution in [0.15, 0.2) is 91.0 Å². The molecule has 3 aromatic rings. The van der Waals surface area contributed by atoms with E-state index >= 15 is 0 Å². The van der Waals surface area contributed by atoms with Gasteiger partial charge in [0, 0.05) is 5.69 Å². The molecule has 0 aliphatic carbocycles. The summed E-state index contributed by atoms with van der Waals surface area (Å²) in [5.41, 5.74) is 1.68. The number of hydrogen-bond acceptors (Lipinski definition) is 2. The van der Waals surface area contributed by atoms with Crippen LogP contribution in [0.25, 0.3) is 0 Å². The average molecular weight is 289 g/mol. The van der Waals surface area contributed by atoms with E-state index < -0.39 is 5.60 Å². The van der Waals surface area contributed by atoms with Gasteiger partial charge < -0.3 is 10.4 Å². The topological polar surface area (TPSA) is 32.3 Å². The minimum Gasteiger partial charge on any atom is -0.381 e. The van der Waals surface area contributed by atoms with Crippen LogP contribution in [0.5, 0.6) is 0 Å². The van der Waals surface area contributed by atoms with Crippen molar-refractivity contribution in [1.82, 2.24) is 0 Å². The second kappa shape index (κ2) is 6.46.